The van der Waals surface area contributed by atoms with Crippen LogP contribution in [0.3, 0.4) is 0 Å². The van der Waals surface area contributed by atoms with Crippen LogP contribution >= 0.6 is 0 Å². The zero-order chi connectivity index (χ0) is 20.4. The number of nitrogens with zero attached hydrogens (tertiary/aromatic N) is 5. The van der Waals surface area contributed by atoms with Gasteiger partial charge in [0, 0.05) is 12.6 Å². The van der Waals surface area contributed by atoms with E-state index in [1.54, 1.807) is 10.9 Å². The van der Waals surface area contributed by atoms with Gasteiger partial charge >= 0.3 is 0 Å². The maximum atomic E-state index is 10.4. The van der Waals surface area contributed by atoms with Crippen LogP contribution in [0.2, 0.25) is 0 Å². The van der Waals surface area contributed by atoms with Crippen molar-refractivity contribution in [3.05, 3.63) is 24.8 Å². The number of imidazole rings is 1. The van der Waals surface area contributed by atoms with Gasteiger partial charge in [0.25, 0.3) is 0 Å². The molecule has 9 nitrogen and oxygen atoms in total. The summed E-state index contributed by atoms with van der Waals surface area (Å²) >= 11 is 0. The molecule has 1 saturated heterocycles. The van der Waals surface area contributed by atoms with Gasteiger partial charge in [0.1, 0.15) is 24.6 Å². The molecule has 0 aromatic carbocycles. The Morgan fingerprint density at radius 3 is 2.66 bits per heavy atom. The van der Waals surface area contributed by atoms with Crippen molar-refractivity contribution >= 4 is 17.0 Å². The highest BCUT2D eigenvalue weighted by atomic mass is 16.6. The second-order valence-electron chi connectivity index (χ2n) is 7.76. The number of anilines is 1. The second-order valence-corrected chi connectivity index (χ2v) is 7.76. The second kappa shape index (κ2) is 8.74. The van der Waals surface area contributed by atoms with E-state index in [9.17, 15) is 15.3 Å². The minimum Gasteiger partial charge on any atom is -0.394 e. The molecule has 1 aliphatic heterocycles. The molecule has 0 radical (unpaired) electrons. The number of allylic oxidation sites excluding steroid dienone is 1. The normalized spacial score (nSPS) is 28.6. The van der Waals surface area contributed by atoms with E-state index < -0.39 is 24.5 Å². The smallest absolute Gasteiger partial charge is 0.167 e. The molecular formula is C20H29N5O4. The Balaban J connectivity index is 1.71. The number of hydrogen-bond donors (Lipinski definition) is 3. The number of ether oxygens (including phenoxy) is 1. The molecule has 0 spiro atoms. The molecule has 1 aliphatic carbocycles. The first-order valence-electron chi connectivity index (χ1n) is 10.3. The van der Waals surface area contributed by atoms with Gasteiger partial charge < -0.3 is 25.0 Å². The average Bonchev–Trinajstić information content (AvgIpc) is 3.31. The molecule has 2 fully saturated rings. The fourth-order valence-corrected chi connectivity index (χ4v) is 4.37. The van der Waals surface area contributed by atoms with Gasteiger partial charge in [0.15, 0.2) is 23.2 Å². The standard InChI is InChI=1S/C20H29N5O4/c1-2-3-9-24(13-7-5-4-6-8-13)18-15-19(22-11-21-18)25(12-23-15)20-17(28)16(27)14(10-26)29-20/h2-3,11-14,16-17,20,26-28H,4-10H2,1H3/t14-,16-,17-,20-/m1/s1. The lowest BCUT2D eigenvalue weighted by atomic mass is 9.94. The fraction of sp³-hybridized carbons (Fsp3) is 0.650. The largest absolute Gasteiger partial charge is 0.394 e. The van der Waals surface area contributed by atoms with Gasteiger partial charge in [-0.25, -0.2) is 15.0 Å². The van der Waals surface area contributed by atoms with E-state index in [1.807, 2.05) is 13.0 Å². The maximum Gasteiger partial charge on any atom is 0.167 e. The monoisotopic (exact) mass is 403 g/mol. The molecule has 4 atom stereocenters. The number of aliphatic hydroxyl groups is 3. The number of aliphatic hydroxyl groups excluding tert-OH is 3. The van der Waals surface area contributed by atoms with Gasteiger partial charge in [-0.2, -0.15) is 0 Å². The lowest BCUT2D eigenvalue weighted by molar-refractivity contribution is -0.0511. The van der Waals surface area contributed by atoms with Crippen LogP contribution in [0.1, 0.15) is 45.3 Å². The number of fused-ring (bicyclic) bond motifs is 1. The summed E-state index contributed by atoms with van der Waals surface area (Å²) in [6.07, 6.45) is 9.08. The summed E-state index contributed by atoms with van der Waals surface area (Å²) in [5.74, 6) is 0.769. The predicted molar refractivity (Wildman–Crippen MR) is 107 cm³/mol. The number of hydrogen-bond acceptors (Lipinski definition) is 8. The van der Waals surface area contributed by atoms with Crippen molar-refractivity contribution in [2.24, 2.45) is 0 Å². The van der Waals surface area contributed by atoms with Crippen molar-refractivity contribution in [3.8, 4) is 0 Å². The van der Waals surface area contributed by atoms with Crippen molar-refractivity contribution in [3.63, 3.8) is 0 Å². The molecule has 0 unspecified atom stereocenters. The predicted octanol–water partition coefficient (Wildman–Crippen LogP) is 1.15. The molecule has 29 heavy (non-hydrogen) atoms. The molecule has 0 amide bonds. The van der Waals surface area contributed by atoms with Crippen LogP contribution in [0.4, 0.5) is 5.82 Å². The van der Waals surface area contributed by atoms with Crippen molar-refractivity contribution in [1.82, 2.24) is 19.5 Å². The van der Waals surface area contributed by atoms with Gasteiger partial charge in [0.2, 0.25) is 0 Å². The SMILES string of the molecule is CC=CCN(c1ncnc2c1ncn2[C@@H]1O[C@H](CO)[C@@H](O)[C@H]1O)C1CCCCC1. The summed E-state index contributed by atoms with van der Waals surface area (Å²) in [6.45, 7) is 2.37. The summed E-state index contributed by atoms with van der Waals surface area (Å²) in [4.78, 5) is 15.8. The Hall–Kier alpha value is -2.07. The van der Waals surface area contributed by atoms with E-state index in [1.165, 1.54) is 25.6 Å². The molecule has 2 aromatic heterocycles. The van der Waals surface area contributed by atoms with Crippen molar-refractivity contribution in [2.75, 3.05) is 18.1 Å². The van der Waals surface area contributed by atoms with Crippen LogP contribution in [-0.4, -0.2) is 72.3 Å². The van der Waals surface area contributed by atoms with E-state index in [0.29, 0.717) is 17.2 Å². The van der Waals surface area contributed by atoms with Gasteiger partial charge in [-0.1, -0.05) is 31.4 Å². The lowest BCUT2D eigenvalue weighted by Crippen LogP contribution is -2.37. The summed E-state index contributed by atoms with van der Waals surface area (Å²) in [6, 6.07) is 0.400. The summed E-state index contributed by atoms with van der Waals surface area (Å²) < 4.78 is 7.27. The topological polar surface area (TPSA) is 117 Å². The van der Waals surface area contributed by atoms with Crippen molar-refractivity contribution in [2.45, 2.75) is 69.6 Å². The van der Waals surface area contributed by atoms with Gasteiger partial charge in [-0.3, -0.25) is 4.57 Å². The van der Waals surface area contributed by atoms with Crippen LogP contribution < -0.4 is 4.90 Å². The van der Waals surface area contributed by atoms with E-state index in [0.717, 1.165) is 25.2 Å². The third kappa shape index (κ3) is 3.75. The number of aromatic nitrogens is 4. The van der Waals surface area contributed by atoms with Crippen LogP contribution in [0.25, 0.3) is 11.2 Å². The van der Waals surface area contributed by atoms with Crippen LogP contribution in [-0.2, 0) is 4.74 Å². The Morgan fingerprint density at radius 1 is 1.17 bits per heavy atom. The molecule has 158 valence electrons. The Kier molecular flexibility index (Phi) is 6.09. The molecular weight excluding hydrogens is 374 g/mol. The summed E-state index contributed by atoms with van der Waals surface area (Å²) in [7, 11) is 0. The minimum atomic E-state index is -1.18. The zero-order valence-electron chi connectivity index (χ0n) is 16.6. The molecule has 3 N–H and O–H groups in total. The van der Waals surface area contributed by atoms with Crippen LogP contribution in [0.5, 0.6) is 0 Å². The highest BCUT2D eigenvalue weighted by Gasteiger charge is 2.44. The average molecular weight is 403 g/mol. The molecule has 2 aromatic rings. The van der Waals surface area contributed by atoms with E-state index in [4.69, 9.17) is 4.74 Å². The molecule has 4 rings (SSSR count). The lowest BCUT2D eigenvalue weighted by Gasteiger charge is -2.34. The van der Waals surface area contributed by atoms with E-state index in [2.05, 4.69) is 25.9 Å². The van der Waals surface area contributed by atoms with Gasteiger partial charge in [-0.15, -0.1) is 0 Å². The first-order valence-corrected chi connectivity index (χ1v) is 10.3. The van der Waals surface area contributed by atoms with Gasteiger partial charge in [-0.05, 0) is 19.8 Å². The Labute approximate surface area is 169 Å². The minimum absolute atomic E-state index is 0.375. The number of rotatable bonds is 6. The molecule has 3 heterocycles. The molecule has 9 heteroatoms. The quantitative estimate of drug-likeness (QED) is 0.615. The molecule has 2 aliphatic rings. The van der Waals surface area contributed by atoms with E-state index >= 15 is 0 Å². The third-order valence-corrected chi connectivity index (χ3v) is 5.96. The third-order valence-electron chi connectivity index (χ3n) is 5.96. The highest BCUT2D eigenvalue weighted by molar-refractivity contribution is 5.83. The molecule has 0 bridgehead atoms. The van der Waals surface area contributed by atoms with Crippen LogP contribution in [0, 0.1) is 0 Å². The van der Waals surface area contributed by atoms with Crippen LogP contribution in [0.15, 0.2) is 24.8 Å². The fourth-order valence-electron chi connectivity index (χ4n) is 4.37. The Morgan fingerprint density at radius 2 is 1.97 bits per heavy atom. The maximum absolute atomic E-state index is 10.4. The zero-order valence-corrected chi connectivity index (χ0v) is 16.6. The highest BCUT2D eigenvalue weighted by Crippen LogP contribution is 2.34. The first kappa shape index (κ1) is 20.2. The molecule has 1 saturated carbocycles. The summed E-state index contributed by atoms with van der Waals surface area (Å²) in [5.41, 5.74) is 1.17. The Bertz CT molecular complexity index is 851. The first-order chi connectivity index (χ1) is 14.2. The van der Waals surface area contributed by atoms with Crippen molar-refractivity contribution < 1.29 is 20.1 Å². The van der Waals surface area contributed by atoms with E-state index in [-0.39, 0.29) is 6.61 Å². The summed E-state index contributed by atoms with van der Waals surface area (Å²) in [5, 5.41) is 29.8. The van der Waals surface area contributed by atoms with Gasteiger partial charge in [0.05, 0.1) is 12.9 Å². The van der Waals surface area contributed by atoms with Crippen molar-refractivity contribution in [1.29, 1.82) is 0 Å².